The molecule has 3 rings (SSSR count). The fourth-order valence-electron chi connectivity index (χ4n) is 5.38. The second-order valence-electron chi connectivity index (χ2n) is 13.2. The molecule has 0 saturated carbocycles. The van der Waals surface area contributed by atoms with Gasteiger partial charge in [0.15, 0.2) is 0 Å². The molecule has 0 aromatic heterocycles. The van der Waals surface area contributed by atoms with Crippen LogP contribution in [0.4, 0.5) is 17.1 Å². The van der Waals surface area contributed by atoms with Crippen molar-refractivity contribution in [2.75, 3.05) is 10.2 Å². The summed E-state index contributed by atoms with van der Waals surface area (Å²) in [5.41, 5.74) is 5.54. The topological polar surface area (TPSA) is 52.6 Å². The van der Waals surface area contributed by atoms with E-state index in [2.05, 4.69) is 104 Å². The number of hydrogen-bond donors (Lipinski definition) is 2. The predicted molar refractivity (Wildman–Crippen MR) is 171 cm³/mol. The highest BCUT2D eigenvalue weighted by Crippen LogP contribution is 2.40. The van der Waals surface area contributed by atoms with Crippen molar-refractivity contribution in [3.8, 4) is 5.75 Å². The first-order chi connectivity index (χ1) is 18.8. The third-order valence-corrected chi connectivity index (χ3v) is 7.94. The van der Waals surface area contributed by atoms with Gasteiger partial charge in [-0.3, -0.25) is 4.79 Å². The van der Waals surface area contributed by atoms with Gasteiger partial charge in [0.05, 0.1) is 0 Å². The van der Waals surface area contributed by atoms with Crippen molar-refractivity contribution < 1.29 is 9.90 Å². The summed E-state index contributed by atoms with van der Waals surface area (Å²) in [5, 5.41) is 14.6. The first kappa shape index (κ1) is 31.3. The molecule has 0 heterocycles. The molecular weight excluding hydrogens is 492 g/mol. The Morgan fingerprint density at radius 3 is 1.82 bits per heavy atom. The fourth-order valence-corrected chi connectivity index (χ4v) is 5.38. The highest BCUT2D eigenvalue weighted by atomic mass is 16.3. The van der Waals surface area contributed by atoms with Crippen LogP contribution in [0.1, 0.15) is 98.3 Å². The van der Waals surface area contributed by atoms with Crippen LogP contribution >= 0.6 is 0 Å². The molecule has 0 aliphatic heterocycles. The van der Waals surface area contributed by atoms with Gasteiger partial charge in [-0.25, -0.2) is 0 Å². The van der Waals surface area contributed by atoms with E-state index in [-0.39, 0.29) is 22.8 Å². The number of phenols is 1. The lowest BCUT2D eigenvalue weighted by Gasteiger charge is -2.35. The summed E-state index contributed by atoms with van der Waals surface area (Å²) < 4.78 is 0. The molecule has 0 aliphatic carbocycles. The lowest BCUT2D eigenvalue weighted by atomic mass is 9.78. The number of para-hydroxylation sites is 1. The van der Waals surface area contributed by atoms with Crippen LogP contribution in [0.5, 0.6) is 5.75 Å². The fraction of sp³-hybridized carbons (Fsp3) is 0.472. The monoisotopic (exact) mass is 542 g/mol. The van der Waals surface area contributed by atoms with E-state index in [1.807, 2.05) is 35.2 Å². The smallest absolute Gasteiger partial charge is 0.227 e. The predicted octanol–water partition coefficient (Wildman–Crippen LogP) is 9.52. The molecule has 2 atom stereocenters. The highest BCUT2D eigenvalue weighted by Gasteiger charge is 2.29. The Bertz CT molecular complexity index is 1220. The van der Waals surface area contributed by atoms with E-state index < -0.39 is 0 Å². The van der Waals surface area contributed by atoms with E-state index in [1.165, 1.54) is 0 Å². The van der Waals surface area contributed by atoms with Gasteiger partial charge in [-0.1, -0.05) is 99.1 Å². The van der Waals surface area contributed by atoms with Crippen molar-refractivity contribution in [1.29, 1.82) is 0 Å². The zero-order valence-electron chi connectivity index (χ0n) is 26.1. The largest absolute Gasteiger partial charge is 0.507 e. The van der Waals surface area contributed by atoms with Crippen molar-refractivity contribution in [3.63, 3.8) is 0 Å². The van der Waals surface area contributed by atoms with Gasteiger partial charge >= 0.3 is 0 Å². The lowest BCUT2D eigenvalue weighted by Crippen LogP contribution is -2.44. The number of nitrogens with zero attached hydrogens (tertiary/aromatic N) is 1. The molecule has 216 valence electrons. The maximum absolute atomic E-state index is 14.0. The van der Waals surface area contributed by atoms with Gasteiger partial charge in [-0.2, -0.15) is 0 Å². The normalized spacial score (nSPS) is 13.5. The number of hydrogen-bond acceptors (Lipinski definition) is 3. The summed E-state index contributed by atoms with van der Waals surface area (Å²) >= 11 is 0. The second kappa shape index (κ2) is 12.9. The number of carbonyl (C=O) groups is 1. The lowest BCUT2D eigenvalue weighted by molar-refractivity contribution is -0.119. The zero-order valence-corrected chi connectivity index (χ0v) is 26.1. The molecule has 4 heteroatoms. The van der Waals surface area contributed by atoms with Gasteiger partial charge in [0.2, 0.25) is 5.91 Å². The number of aryl methyl sites for hydroxylation is 1. The molecule has 3 aromatic rings. The van der Waals surface area contributed by atoms with Gasteiger partial charge in [-0.05, 0) is 82.7 Å². The number of aromatic hydroxyl groups is 1. The van der Waals surface area contributed by atoms with E-state index in [0.717, 1.165) is 46.6 Å². The molecule has 0 spiro atoms. The first-order valence-corrected chi connectivity index (χ1v) is 14.9. The van der Waals surface area contributed by atoms with Crippen molar-refractivity contribution in [1.82, 2.24) is 0 Å². The molecular formula is C36H50N2O2. The van der Waals surface area contributed by atoms with E-state index in [4.69, 9.17) is 0 Å². The molecule has 0 radical (unpaired) electrons. The quantitative estimate of drug-likeness (QED) is 0.268. The maximum atomic E-state index is 14.0. The number of anilines is 3. The SMILES string of the molecule is CCC(C)C(CC)N(C(=O)CCc1cc(C(C)(C)C)c(O)c(C(C)(C)C)c1)c1ccc(Nc2ccccc2)cc1. The number of phenolic OH excluding ortho intramolecular Hbond substituents is 1. The number of benzene rings is 3. The van der Waals surface area contributed by atoms with Crippen LogP contribution in [0.25, 0.3) is 0 Å². The molecule has 0 aliphatic rings. The average molecular weight is 543 g/mol. The molecule has 0 saturated heterocycles. The van der Waals surface area contributed by atoms with Crippen LogP contribution in [-0.4, -0.2) is 17.1 Å². The number of amides is 1. The van der Waals surface area contributed by atoms with Gasteiger partial charge in [0.1, 0.15) is 5.75 Å². The van der Waals surface area contributed by atoms with Gasteiger partial charge < -0.3 is 15.3 Å². The van der Waals surface area contributed by atoms with Crippen molar-refractivity contribution >= 4 is 23.0 Å². The third kappa shape index (κ3) is 7.68. The summed E-state index contributed by atoms with van der Waals surface area (Å²) in [6.45, 7) is 19.4. The zero-order chi connectivity index (χ0) is 29.7. The minimum Gasteiger partial charge on any atom is -0.507 e. The molecule has 0 bridgehead atoms. The molecule has 1 amide bonds. The van der Waals surface area contributed by atoms with E-state index in [0.29, 0.717) is 24.5 Å². The average Bonchev–Trinajstić information content (AvgIpc) is 2.90. The van der Waals surface area contributed by atoms with Crippen LogP contribution in [0.2, 0.25) is 0 Å². The third-order valence-electron chi connectivity index (χ3n) is 7.94. The highest BCUT2D eigenvalue weighted by molar-refractivity contribution is 5.94. The van der Waals surface area contributed by atoms with Crippen LogP contribution in [0.3, 0.4) is 0 Å². The Hall–Kier alpha value is -3.27. The number of rotatable bonds is 10. The summed E-state index contributed by atoms with van der Waals surface area (Å²) in [7, 11) is 0. The minimum absolute atomic E-state index is 0.125. The maximum Gasteiger partial charge on any atom is 0.227 e. The molecule has 0 fully saturated rings. The molecule has 2 unspecified atom stereocenters. The van der Waals surface area contributed by atoms with Crippen molar-refractivity contribution in [3.05, 3.63) is 83.4 Å². The standard InChI is InChI=1S/C36H50N2O2/c1-10-25(3)32(11-2)38(29-20-18-28(19-21-29)37-27-15-13-12-14-16-27)33(39)22-17-26-23-30(35(4,5)6)34(40)31(24-26)36(7,8)9/h12-16,18-21,23-25,32,37,40H,10-11,17,22H2,1-9H3. The number of carbonyl (C=O) groups excluding carboxylic acids is 1. The van der Waals surface area contributed by atoms with Crippen LogP contribution in [-0.2, 0) is 22.0 Å². The molecule has 40 heavy (non-hydrogen) atoms. The Balaban J connectivity index is 1.91. The second-order valence-corrected chi connectivity index (χ2v) is 13.2. The van der Waals surface area contributed by atoms with Crippen LogP contribution in [0.15, 0.2) is 66.7 Å². The van der Waals surface area contributed by atoms with Crippen LogP contribution in [0, 0.1) is 5.92 Å². The Morgan fingerprint density at radius 2 is 1.35 bits per heavy atom. The first-order valence-electron chi connectivity index (χ1n) is 14.9. The van der Waals surface area contributed by atoms with Gasteiger partial charge in [-0.15, -0.1) is 0 Å². The van der Waals surface area contributed by atoms with E-state index in [9.17, 15) is 9.90 Å². The van der Waals surface area contributed by atoms with E-state index in [1.54, 1.807) is 0 Å². The molecule has 2 N–H and O–H groups in total. The van der Waals surface area contributed by atoms with E-state index >= 15 is 0 Å². The minimum atomic E-state index is -0.199. The molecule has 4 nitrogen and oxygen atoms in total. The summed E-state index contributed by atoms with van der Waals surface area (Å²) in [5.74, 6) is 0.895. The number of nitrogens with one attached hydrogen (secondary N) is 1. The van der Waals surface area contributed by atoms with Crippen molar-refractivity contribution in [2.45, 2.75) is 105 Å². The van der Waals surface area contributed by atoms with Gasteiger partial charge in [0.25, 0.3) is 0 Å². The summed E-state index contributed by atoms with van der Waals surface area (Å²) in [6, 6.07) is 22.7. The Morgan fingerprint density at radius 1 is 0.825 bits per heavy atom. The van der Waals surface area contributed by atoms with Crippen molar-refractivity contribution in [2.24, 2.45) is 5.92 Å². The Labute approximate surface area is 242 Å². The Kier molecular flexibility index (Phi) is 10.1. The summed E-state index contributed by atoms with van der Waals surface area (Å²) in [4.78, 5) is 16.0. The van der Waals surface area contributed by atoms with Gasteiger partial charge in [0, 0.05) is 29.5 Å². The van der Waals surface area contributed by atoms with Crippen LogP contribution < -0.4 is 10.2 Å². The molecule has 3 aromatic carbocycles. The summed E-state index contributed by atoms with van der Waals surface area (Å²) in [6.07, 6.45) is 2.95.